The number of hydroxylamine groups is 2. The van der Waals surface area contributed by atoms with Gasteiger partial charge in [0.15, 0.2) is 0 Å². The summed E-state index contributed by atoms with van der Waals surface area (Å²) in [6, 6.07) is -0.694. The Bertz CT molecular complexity index is 173. The lowest BCUT2D eigenvalue weighted by Crippen LogP contribution is -2.35. The quantitative estimate of drug-likeness (QED) is 0.602. The molecule has 1 saturated heterocycles. The summed E-state index contributed by atoms with van der Waals surface area (Å²) in [7, 11) is 0. The van der Waals surface area contributed by atoms with Gasteiger partial charge >= 0.3 is 5.97 Å². The van der Waals surface area contributed by atoms with Crippen LogP contribution in [0.5, 0.6) is 0 Å². The molecule has 2 atom stereocenters. The van der Waals surface area contributed by atoms with Gasteiger partial charge in [-0.25, -0.2) is 0 Å². The topological polar surface area (TPSA) is 70.0 Å². The zero-order chi connectivity index (χ0) is 9.14. The molecule has 0 amide bonds. The molecule has 0 bridgehead atoms. The summed E-state index contributed by atoms with van der Waals surface area (Å²) in [5, 5.41) is 19.2. The number of hydrogen-bond donors (Lipinski definition) is 2. The van der Waals surface area contributed by atoms with Crippen LogP contribution in [0.4, 0.5) is 0 Å². The van der Waals surface area contributed by atoms with Crippen molar-refractivity contribution in [1.29, 1.82) is 0 Å². The van der Waals surface area contributed by atoms with Crippen LogP contribution in [-0.4, -0.2) is 46.5 Å². The average Bonchev–Trinajstić information content (AvgIpc) is 2.32. The van der Waals surface area contributed by atoms with E-state index in [1.165, 1.54) is 5.06 Å². The number of aliphatic hydroxyl groups excluding tert-OH is 1. The second kappa shape index (κ2) is 3.84. The van der Waals surface area contributed by atoms with Crippen LogP contribution in [0.1, 0.15) is 13.3 Å². The number of hydrogen-bond acceptors (Lipinski definition) is 4. The molecule has 12 heavy (non-hydrogen) atoms. The van der Waals surface area contributed by atoms with Crippen molar-refractivity contribution in [2.45, 2.75) is 25.5 Å². The second-order valence-corrected chi connectivity index (χ2v) is 2.76. The Morgan fingerprint density at radius 3 is 2.92 bits per heavy atom. The van der Waals surface area contributed by atoms with Gasteiger partial charge in [0, 0.05) is 6.42 Å². The van der Waals surface area contributed by atoms with Crippen molar-refractivity contribution in [1.82, 2.24) is 5.06 Å². The smallest absolute Gasteiger partial charge is 0.323 e. The summed E-state index contributed by atoms with van der Waals surface area (Å²) in [6.07, 6.45) is -0.340. The molecule has 2 N–H and O–H groups in total. The molecule has 0 radical (unpaired) electrons. The third-order valence-electron chi connectivity index (χ3n) is 1.81. The number of rotatable bonds is 3. The molecule has 0 saturated carbocycles. The standard InChI is InChI=1S/C7H13NO4/c1-2-12-8-4-5(9)3-6(8)7(10)11/h5-6,9H,2-4H2,1H3,(H,10,11)/t5-,6+/m1/s1. The van der Waals surface area contributed by atoms with Gasteiger partial charge in [-0.3, -0.25) is 9.63 Å². The zero-order valence-corrected chi connectivity index (χ0v) is 6.93. The number of β-amino-alcohol motifs (C(OH)–C–C–N with tert-alkyl or cyclic N) is 1. The van der Waals surface area contributed by atoms with Crippen LogP contribution in [0.15, 0.2) is 0 Å². The second-order valence-electron chi connectivity index (χ2n) is 2.76. The number of carbonyl (C=O) groups is 1. The first kappa shape index (κ1) is 9.44. The molecule has 1 fully saturated rings. The molecular formula is C7H13NO4. The lowest BCUT2D eigenvalue weighted by Gasteiger charge is -2.18. The van der Waals surface area contributed by atoms with Crippen LogP contribution in [-0.2, 0) is 9.63 Å². The van der Waals surface area contributed by atoms with Gasteiger partial charge in [0.2, 0.25) is 0 Å². The van der Waals surface area contributed by atoms with Crippen LogP contribution in [0.3, 0.4) is 0 Å². The Balaban J connectivity index is 2.53. The van der Waals surface area contributed by atoms with Crippen molar-refractivity contribution in [3.05, 3.63) is 0 Å². The predicted octanol–water partition coefficient (Wildman–Crippen LogP) is -0.542. The first-order valence-corrected chi connectivity index (χ1v) is 3.95. The van der Waals surface area contributed by atoms with E-state index in [0.29, 0.717) is 6.61 Å². The van der Waals surface area contributed by atoms with Gasteiger partial charge in [-0.1, -0.05) is 0 Å². The molecule has 1 rings (SSSR count). The molecule has 0 aromatic rings. The minimum absolute atomic E-state index is 0.245. The van der Waals surface area contributed by atoms with E-state index >= 15 is 0 Å². The molecule has 0 spiro atoms. The van der Waals surface area contributed by atoms with Gasteiger partial charge in [0.1, 0.15) is 6.04 Å². The van der Waals surface area contributed by atoms with Gasteiger partial charge in [-0.2, -0.15) is 5.06 Å². The molecule has 0 unspecified atom stereocenters. The van der Waals surface area contributed by atoms with Gasteiger partial charge in [0.25, 0.3) is 0 Å². The zero-order valence-electron chi connectivity index (χ0n) is 6.93. The molecule has 1 heterocycles. The molecule has 1 aliphatic heterocycles. The monoisotopic (exact) mass is 175 g/mol. The number of aliphatic carboxylic acids is 1. The molecule has 1 aliphatic rings. The van der Waals surface area contributed by atoms with Crippen LogP contribution in [0.25, 0.3) is 0 Å². The number of carboxylic acids is 1. The fourth-order valence-electron chi connectivity index (χ4n) is 1.32. The summed E-state index contributed by atoms with van der Waals surface area (Å²) < 4.78 is 0. The third-order valence-corrected chi connectivity index (χ3v) is 1.81. The first-order valence-electron chi connectivity index (χ1n) is 3.95. The lowest BCUT2D eigenvalue weighted by molar-refractivity contribution is -0.184. The maximum atomic E-state index is 10.6. The minimum atomic E-state index is -0.944. The van der Waals surface area contributed by atoms with Gasteiger partial charge in [-0.15, -0.1) is 0 Å². The van der Waals surface area contributed by atoms with Crippen LogP contribution < -0.4 is 0 Å². The van der Waals surface area contributed by atoms with Crippen LogP contribution >= 0.6 is 0 Å². The maximum Gasteiger partial charge on any atom is 0.323 e. The summed E-state index contributed by atoms with van der Waals surface area (Å²) in [5.74, 6) is -0.944. The molecule has 0 aromatic heterocycles. The molecular weight excluding hydrogens is 162 g/mol. The maximum absolute atomic E-state index is 10.6. The van der Waals surface area contributed by atoms with E-state index in [9.17, 15) is 4.79 Å². The Morgan fingerprint density at radius 2 is 2.42 bits per heavy atom. The summed E-state index contributed by atoms with van der Waals surface area (Å²) in [5.41, 5.74) is 0. The highest BCUT2D eigenvalue weighted by atomic mass is 16.7. The third kappa shape index (κ3) is 1.94. The SMILES string of the molecule is CCON1C[C@H](O)C[C@H]1C(=O)O. The Hall–Kier alpha value is -0.650. The molecule has 5 heteroatoms. The van der Waals surface area contributed by atoms with E-state index < -0.39 is 18.1 Å². The number of nitrogens with zero attached hydrogens (tertiary/aromatic N) is 1. The fraction of sp³-hybridized carbons (Fsp3) is 0.857. The molecule has 0 aromatic carbocycles. The fourth-order valence-corrected chi connectivity index (χ4v) is 1.32. The van der Waals surface area contributed by atoms with E-state index in [2.05, 4.69) is 0 Å². The predicted molar refractivity (Wildman–Crippen MR) is 40.4 cm³/mol. The van der Waals surface area contributed by atoms with E-state index in [-0.39, 0.29) is 13.0 Å². The highest BCUT2D eigenvalue weighted by molar-refractivity contribution is 5.73. The van der Waals surface area contributed by atoms with E-state index in [0.717, 1.165) is 0 Å². The summed E-state index contributed by atoms with van der Waals surface area (Å²) in [4.78, 5) is 15.6. The lowest BCUT2D eigenvalue weighted by atomic mass is 10.2. The number of aliphatic hydroxyl groups is 1. The van der Waals surface area contributed by atoms with Crippen LogP contribution in [0, 0.1) is 0 Å². The van der Waals surface area contributed by atoms with Crippen molar-refractivity contribution in [2.75, 3.05) is 13.2 Å². The van der Waals surface area contributed by atoms with Crippen LogP contribution in [0.2, 0.25) is 0 Å². The van der Waals surface area contributed by atoms with Gasteiger partial charge in [0.05, 0.1) is 19.3 Å². The van der Waals surface area contributed by atoms with Crippen molar-refractivity contribution in [3.63, 3.8) is 0 Å². The highest BCUT2D eigenvalue weighted by Gasteiger charge is 2.36. The van der Waals surface area contributed by atoms with Crippen molar-refractivity contribution in [2.24, 2.45) is 0 Å². The molecule has 0 aliphatic carbocycles. The molecule has 5 nitrogen and oxygen atoms in total. The summed E-state index contributed by atoms with van der Waals surface area (Å²) >= 11 is 0. The van der Waals surface area contributed by atoms with E-state index in [1.54, 1.807) is 6.92 Å². The normalized spacial score (nSPS) is 30.8. The largest absolute Gasteiger partial charge is 0.480 e. The number of carboxylic acid groups (broad SMARTS) is 1. The van der Waals surface area contributed by atoms with E-state index in [4.69, 9.17) is 15.1 Å². The average molecular weight is 175 g/mol. The van der Waals surface area contributed by atoms with Crippen molar-refractivity contribution in [3.8, 4) is 0 Å². The van der Waals surface area contributed by atoms with Gasteiger partial charge in [-0.05, 0) is 6.92 Å². The van der Waals surface area contributed by atoms with Crippen molar-refractivity contribution >= 4 is 5.97 Å². The summed E-state index contributed by atoms with van der Waals surface area (Å²) in [6.45, 7) is 2.49. The first-order chi connectivity index (χ1) is 5.65. The molecule has 70 valence electrons. The minimum Gasteiger partial charge on any atom is -0.480 e. The van der Waals surface area contributed by atoms with E-state index in [1.807, 2.05) is 0 Å². The van der Waals surface area contributed by atoms with Gasteiger partial charge < -0.3 is 10.2 Å². The Labute approximate surface area is 70.5 Å². The highest BCUT2D eigenvalue weighted by Crippen LogP contribution is 2.17. The Kier molecular flexibility index (Phi) is 3.02. The van der Waals surface area contributed by atoms with Crippen molar-refractivity contribution < 1.29 is 19.8 Å². The Morgan fingerprint density at radius 1 is 1.75 bits per heavy atom.